The van der Waals surface area contributed by atoms with Crippen molar-refractivity contribution >= 4 is 40.0 Å². The van der Waals surface area contributed by atoms with Crippen molar-refractivity contribution in [2.45, 2.75) is 19.0 Å². The average Bonchev–Trinajstić information content (AvgIpc) is 2.79. The molecule has 1 atom stereocenters. The first kappa shape index (κ1) is 25.7. The van der Waals surface area contributed by atoms with Crippen LogP contribution in [0.15, 0.2) is 41.3 Å². The van der Waals surface area contributed by atoms with Gasteiger partial charge in [0.05, 0.1) is 6.42 Å². The summed E-state index contributed by atoms with van der Waals surface area (Å²) in [5.74, 6) is -12.5. The van der Waals surface area contributed by atoms with Crippen LogP contribution >= 0.6 is 11.6 Å². The minimum absolute atomic E-state index is 0.0600. The highest BCUT2D eigenvalue weighted by molar-refractivity contribution is 6.31. The summed E-state index contributed by atoms with van der Waals surface area (Å²) in [4.78, 5) is 48.6. The number of ether oxygens (including phenoxy) is 1. The topological polar surface area (TPSA) is 115 Å². The quantitative estimate of drug-likeness (QED) is 0.335. The summed E-state index contributed by atoms with van der Waals surface area (Å²) in [6, 6.07) is 4.30. The Morgan fingerprint density at radius 2 is 1.71 bits per heavy atom. The number of carbonyl (C=O) groups is 3. The van der Waals surface area contributed by atoms with E-state index in [9.17, 15) is 36.7 Å². The van der Waals surface area contributed by atoms with Crippen LogP contribution in [-0.4, -0.2) is 40.0 Å². The number of nitrogens with zero attached hydrogens (tertiary/aromatic N) is 1. The first-order valence-electron chi connectivity index (χ1n) is 9.76. The molecule has 0 unspecified atom stereocenters. The van der Waals surface area contributed by atoms with Crippen LogP contribution < -0.4 is 15.6 Å². The average molecular weight is 515 g/mol. The number of aromatic nitrogens is 1. The number of fused-ring (bicyclic) bond motifs is 1. The molecule has 1 amide bonds. The van der Waals surface area contributed by atoms with E-state index in [4.69, 9.17) is 16.7 Å². The van der Waals surface area contributed by atoms with Gasteiger partial charge in [-0.3, -0.25) is 19.2 Å². The molecule has 3 aromatic rings. The SMILES string of the molecule is O=C(O)C[C@H](NC(=O)Cn1ccc2ccc(Cl)cc2c1=O)C(=O)COc1c(F)c(F)cc(F)c1F. The minimum Gasteiger partial charge on any atom is -0.481 e. The Bertz CT molecular complexity index is 1370. The molecule has 0 bridgehead atoms. The van der Waals surface area contributed by atoms with Gasteiger partial charge in [0.1, 0.15) is 19.2 Å². The van der Waals surface area contributed by atoms with Crippen LogP contribution in [0.4, 0.5) is 17.6 Å². The minimum atomic E-state index is -1.90. The Hall–Kier alpha value is -3.93. The van der Waals surface area contributed by atoms with Gasteiger partial charge in [-0.05, 0) is 23.6 Å². The second-order valence-electron chi connectivity index (χ2n) is 7.25. The number of amides is 1. The van der Waals surface area contributed by atoms with Crippen LogP contribution in [0.5, 0.6) is 5.75 Å². The van der Waals surface area contributed by atoms with Crippen LogP contribution in [0.3, 0.4) is 0 Å². The fourth-order valence-electron chi connectivity index (χ4n) is 3.11. The zero-order valence-corrected chi connectivity index (χ0v) is 18.2. The highest BCUT2D eigenvalue weighted by Crippen LogP contribution is 2.26. The smallest absolute Gasteiger partial charge is 0.305 e. The Balaban J connectivity index is 1.74. The first-order chi connectivity index (χ1) is 16.5. The van der Waals surface area contributed by atoms with E-state index in [0.717, 1.165) is 4.57 Å². The van der Waals surface area contributed by atoms with Gasteiger partial charge in [0, 0.05) is 22.7 Å². The van der Waals surface area contributed by atoms with E-state index in [1.54, 1.807) is 12.1 Å². The summed E-state index contributed by atoms with van der Waals surface area (Å²) >= 11 is 5.89. The second-order valence-corrected chi connectivity index (χ2v) is 7.69. The van der Waals surface area contributed by atoms with E-state index in [2.05, 4.69) is 10.1 Å². The Morgan fingerprint density at radius 3 is 2.34 bits per heavy atom. The number of rotatable bonds is 9. The van der Waals surface area contributed by atoms with E-state index >= 15 is 0 Å². The second kappa shape index (κ2) is 10.6. The molecule has 0 saturated carbocycles. The van der Waals surface area contributed by atoms with Gasteiger partial charge in [-0.25, -0.2) is 8.78 Å². The van der Waals surface area contributed by atoms with Gasteiger partial charge in [0.15, 0.2) is 23.2 Å². The van der Waals surface area contributed by atoms with Crippen molar-refractivity contribution < 1.29 is 41.8 Å². The van der Waals surface area contributed by atoms with Crippen molar-refractivity contribution in [3.8, 4) is 5.75 Å². The normalized spacial score (nSPS) is 11.8. The van der Waals surface area contributed by atoms with Gasteiger partial charge in [-0.1, -0.05) is 17.7 Å². The number of nitrogens with one attached hydrogen (secondary N) is 1. The maximum absolute atomic E-state index is 13.7. The van der Waals surface area contributed by atoms with Gasteiger partial charge < -0.3 is 19.7 Å². The summed E-state index contributed by atoms with van der Waals surface area (Å²) < 4.78 is 59.5. The molecule has 13 heteroatoms. The summed E-state index contributed by atoms with van der Waals surface area (Å²) in [5.41, 5.74) is -0.580. The maximum atomic E-state index is 13.7. The van der Waals surface area contributed by atoms with Crippen molar-refractivity contribution in [2.24, 2.45) is 0 Å². The predicted octanol–water partition coefficient (Wildman–Crippen LogP) is 2.82. The van der Waals surface area contributed by atoms with E-state index in [1.165, 1.54) is 18.3 Å². The first-order valence-corrected chi connectivity index (χ1v) is 10.1. The monoisotopic (exact) mass is 514 g/mol. The summed E-state index contributed by atoms with van der Waals surface area (Å²) in [6.07, 6.45) is 0.359. The number of carboxylic acids is 1. The molecule has 1 aromatic heterocycles. The molecule has 0 fully saturated rings. The highest BCUT2D eigenvalue weighted by atomic mass is 35.5. The number of carboxylic acid groups (broad SMARTS) is 1. The van der Waals surface area contributed by atoms with Crippen LogP contribution in [0.2, 0.25) is 5.02 Å². The zero-order valence-electron chi connectivity index (χ0n) is 17.5. The van der Waals surface area contributed by atoms with Gasteiger partial charge in [-0.15, -0.1) is 0 Å². The van der Waals surface area contributed by atoms with Crippen molar-refractivity contribution in [1.29, 1.82) is 0 Å². The van der Waals surface area contributed by atoms with Crippen LogP contribution in [0, 0.1) is 23.3 Å². The van der Waals surface area contributed by atoms with Crippen molar-refractivity contribution in [2.75, 3.05) is 6.61 Å². The fourth-order valence-corrected chi connectivity index (χ4v) is 3.28. The number of hydrogen-bond acceptors (Lipinski definition) is 5. The van der Waals surface area contributed by atoms with Crippen molar-refractivity contribution in [1.82, 2.24) is 9.88 Å². The molecule has 184 valence electrons. The molecule has 0 radical (unpaired) electrons. The zero-order chi connectivity index (χ0) is 25.9. The lowest BCUT2D eigenvalue weighted by Gasteiger charge is -2.17. The number of hydrogen-bond donors (Lipinski definition) is 2. The van der Waals surface area contributed by atoms with E-state index in [1.807, 2.05) is 0 Å². The number of benzene rings is 2. The molecule has 0 aliphatic rings. The standard InChI is InChI=1S/C22H15ClF4N2O6/c23-11-2-1-10-3-4-29(22(34)12(10)5-11)8-17(31)28-15(7-18(32)33)16(30)9-35-21-19(26)13(24)6-14(25)20(21)27/h1-6,15H,7-9H2,(H,28,31)(H,32,33)/t15-/m0/s1. The number of aliphatic carboxylic acids is 1. The van der Waals surface area contributed by atoms with Gasteiger partial charge >= 0.3 is 5.97 Å². The van der Waals surface area contributed by atoms with Crippen molar-refractivity contribution in [3.05, 3.63) is 75.2 Å². The third-order valence-electron chi connectivity index (χ3n) is 4.79. The molecule has 1 heterocycles. The molecule has 35 heavy (non-hydrogen) atoms. The number of carbonyl (C=O) groups excluding carboxylic acids is 2. The van der Waals surface area contributed by atoms with Crippen LogP contribution in [0.25, 0.3) is 10.8 Å². The lowest BCUT2D eigenvalue weighted by Crippen LogP contribution is -2.46. The van der Waals surface area contributed by atoms with Gasteiger partial charge in [0.25, 0.3) is 5.56 Å². The summed E-state index contributed by atoms with van der Waals surface area (Å²) in [5, 5.41) is 12.2. The Kier molecular flexibility index (Phi) is 7.75. The highest BCUT2D eigenvalue weighted by Gasteiger charge is 2.27. The Labute approximate surface area is 198 Å². The lowest BCUT2D eigenvalue weighted by molar-refractivity contribution is -0.140. The number of pyridine rings is 1. The third kappa shape index (κ3) is 5.96. The van der Waals surface area contributed by atoms with E-state index in [0.29, 0.717) is 5.39 Å². The predicted molar refractivity (Wildman–Crippen MR) is 114 cm³/mol. The van der Waals surface area contributed by atoms with Crippen LogP contribution in [-0.2, 0) is 20.9 Å². The maximum Gasteiger partial charge on any atom is 0.305 e. The molecule has 2 aromatic carbocycles. The Morgan fingerprint density at radius 1 is 1.06 bits per heavy atom. The van der Waals surface area contributed by atoms with E-state index < -0.39 is 77.9 Å². The molecule has 0 spiro atoms. The van der Waals surface area contributed by atoms with Gasteiger partial charge in [-0.2, -0.15) is 8.78 Å². The van der Waals surface area contributed by atoms with Crippen molar-refractivity contribution in [3.63, 3.8) is 0 Å². The number of Topliss-reactive ketones (excluding diaryl/α,β-unsaturated/α-hetero) is 1. The van der Waals surface area contributed by atoms with Gasteiger partial charge in [0.2, 0.25) is 17.5 Å². The fraction of sp³-hybridized carbons (Fsp3) is 0.182. The summed E-state index contributed by atoms with van der Waals surface area (Å²) in [7, 11) is 0. The molecule has 8 nitrogen and oxygen atoms in total. The molecular formula is C22H15ClF4N2O6. The molecular weight excluding hydrogens is 500 g/mol. The molecule has 2 N–H and O–H groups in total. The largest absolute Gasteiger partial charge is 0.481 e. The lowest BCUT2D eigenvalue weighted by atomic mass is 10.1. The summed E-state index contributed by atoms with van der Waals surface area (Å²) in [6.45, 7) is -1.83. The van der Waals surface area contributed by atoms with Crippen LogP contribution in [0.1, 0.15) is 6.42 Å². The van der Waals surface area contributed by atoms with E-state index in [-0.39, 0.29) is 16.5 Å². The molecule has 3 rings (SSSR count). The third-order valence-corrected chi connectivity index (χ3v) is 5.02. The number of ketones is 1. The number of halogens is 5. The molecule has 0 aliphatic heterocycles. The molecule has 0 saturated heterocycles. The molecule has 0 aliphatic carbocycles.